The van der Waals surface area contributed by atoms with Crippen LogP contribution in [0.3, 0.4) is 0 Å². The van der Waals surface area contributed by atoms with E-state index in [0.29, 0.717) is 27.9 Å². The van der Waals surface area contributed by atoms with Crippen LogP contribution in [0.2, 0.25) is 0 Å². The number of rotatable bonds is 4. The van der Waals surface area contributed by atoms with Gasteiger partial charge >= 0.3 is 0 Å². The molecule has 1 amide bonds. The third-order valence-corrected chi connectivity index (χ3v) is 7.23. The number of thiophene rings is 1. The molecule has 9 heteroatoms. The fourth-order valence-corrected chi connectivity index (χ4v) is 6.29. The van der Waals surface area contributed by atoms with Crippen LogP contribution in [0.25, 0.3) is 0 Å². The van der Waals surface area contributed by atoms with Crippen LogP contribution in [0.4, 0.5) is 5.00 Å². The van der Waals surface area contributed by atoms with Crippen LogP contribution in [0.5, 0.6) is 0 Å². The van der Waals surface area contributed by atoms with Crippen LogP contribution in [-0.2, 0) is 22.9 Å². The molecule has 2 aromatic heterocycles. The summed E-state index contributed by atoms with van der Waals surface area (Å²) in [5, 5.41) is 6.89. The smallest absolute Gasteiger partial charge is 0.266 e. The minimum Gasteiger partial charge on any atom is -0.365 e. The van der Waals surface area contributed by atoms with Gasteiger partial charge in [-0.1, -0.05) is 6.92 Å². The second-order valence-corrected chi connectivity index (χ2v) is 9.01. The first kappa shape index (κ1) is 17.0. The van der Waals surface area contributed by atoms with E-state index in [2.05, 4.69) is 21.8 Å². The third kappa shape index (κ3) is 2.82. The number of nitrogens with zero attached hydrogens (tertiary/aromatic N) is 1. The highest BCUT2D eigenvalue weighted by atomic mass is 32.2. The molecule has 0 aliphatic heterocycles. The zero-order valence-electron chi connectivity index (χ0n) is 13.8. The van der Waals surface area contributed by atoms with Crippen LogP contribution in [0.1, 0.15) is 45.5 Å². The molecule has 2 aromatic rings. The molecular formula is C15H20N4O3S2. The summed E-state index contributed by atoms with van der Waals surface area (Å²) in [4.78, 5) is 13.1. The first-order valence-corrected chi connectivity index (χ1v) is 9.99. The van der Waals surface area contributed by atoms with Crippen molar-refractivity contribution in [3.63, 3.8) is 0 Å². The van der Waals surface area contributed by atoms with Crippen molar-refractivity contribution < 1.29 is 13.2 Å². The molecule has 0 saturated carbocycles. The first-order chi connectivity index (χ1) is 11.2. The lowest BCUT2D eigenvalue weighted by atomic mass is 9.88. The number of aromatic amines is 1. The number of hydrogen-bond acceptors (Lipinski definition) is 5. The Hall–Kier alpha value is -1.87. The number of sulfonamides is 1. The molecular weight excluding hydrogens is 348 g/mol. The molecule has 3 rings (SSSR count). The van der Waals surface area contributed by atoms with Crippen molar-refractivity contribution in [3.8, 4) is 0 Å². The van der Waals surface area contributed by atoms with Crippen molar-refractivity contribution >= 4 is 32.3 Å². The molecule has 1 unspecified atom stereocenters. The predicted molar refractivity (Wildman–Crippen MR) is 92.9 cm³/mol. The van der Waals surface area contributed by atoms with Crippen LogP contribution < -0.4 is 10.5 Å². The number of aryl methyl sites for hydroxylation is 2. The second-order valence-electron chi connectivity index (χ2n) is 6.29. The van der Waals surface area contributed by atoms with E-state index >= 15 is 0 Å². The molecule has 2 heterocycles. The maximum atomic E-state index is 12.7. The van der Waals surface area contributed by atoms with Crippen LogP contribution >= 0.6 is 11.3 Å². The summed E-state index contributed by atoms with van der Waals surface area (Å²) in [5.74, 6) is -0.0833. The number of hydrogen-bond donors (Lipinski definition) is 3. The average Bonchev–Trinajstić information content (AvgIpc) is 2.97. The molecule has 7 nitrogen and oxygen atoms in total. The number of H-pyrrole nitrogens is 1. The van der Waals surface area contributed by atoms with Gasteiger partial charge in [0.05, 0.1) is 17.0 Å². The van der Waals surface area contributed by atoms with Gasteiger partial charge < -0.3 is 5.73 Å². The van der Waals surface area contributed by atoms with E-state index in [1.54, 1.807) is 13.8 Å². The van der Waals surface area contributed by atoms with Gasteiger partial charge in [-0.05, 0) is 44.6 Å². The number of carbonyl (C=O) groups is 1. The highest BCUT2D eigenvalue weighted by Crippen LogP contribution is 2.40. The Bertz CT molecular complexity index is 892. The van der Waals surface area contributed by atoms with E-state index in [1.807, 2.05) is 0 Å². The molecule has 0 fully saturated rings. The molecule has 0 aromatic carbocycles. The van der Waals surface area contributed by atoms with E-state index in [9.17, 15) is 13.2 Å². The minimum absolute atomic E-state index is 0.109. The van der Waals surface area contributed by atoms with Gasteiger partial charge in [-0.3, -0.25) is 14.6 Å². The van der Waals surface area contributed by atoms with Crippen molar-refractivity contribution in [2.45, 2.75) is 44.9 Å². The summed E-state index contributed by atoms with van der Waals surface area (Å²) >= 11 is 1.31. The maximum absolute atomic E-state index is 12.7. The van der Waals surface area contributed by atoms with E-state index in [1.165, 1.54) is 11.3 Å². The summed E-state index contributed by atoms with van der Waals surface area (Å²) in [6.07, 6.45) is 2.55. The van der Waals surface area contributed by atoms with E-state index in [0.717, 1.165) is 29.7 Å². The quantitative estimate of drug-likeness (QED) is 0.766. The maximum Gasteiger partial charge on any atom is 0.266 e. The van der Waals surface area contributed by atoms with Gasteiger partial charge in [-0.2, -0.15) is 5.10 Å². The second kappa shape index (κ2) is 5.89. The molecule has 130 valence electrons. The molecule has 0 saturated heterocycles. The summed E-state index contributed by atoms with van der Waals surface area (Å²) in [6, 6.07) is 0. The summed E-state index contributed by atoms with van der Waals surface area (Å²) < 4.78 is 28.0. The molecule has 1 aliphatic rings. The van der Waals surface area contributed by atoms with Gasteiger partial charge in [0.15, 0.2) is 0 Å². The van der Waals surface area contributed by atoms with Crippen molar-refractivity contribution in [2.24, 2.45) is 11.7 Å². The lowest BCUT2D eigenvalue weighted by Gasteiger charge is -2.18. The van der Waals surface area contributed by atoms with Crippen molar-refractivity contribution in [1.82, 2.24) is 10.2 Å². The number of anilines is 1. The highest BCUT2D eigenvalue weighted by Gasteiger charge is 2.30. The Morgan fingerprint density at radius 2 is 2.12 bits per heavy atom. The van der Waals surface area contributed by atoms with E-state index < -0.39 is 15.9 Å². The zero-order valence-corrected chi connectivity index (χ0v) is 15.4. The Labute approximate surface area is 144 Å². The fraction of sp³-hybridized carbons (Fsp3) is 0.467. The molecule has 0 spiro atoms. The molecule has 0 radical (unpaired) electrons. The third-order valence-electron chi connectivity index (χ3n) is 4.31. The average molecular weight is 368 g/mol. The number of amides is 1. The van der Waals surface area contributed by atoms with Crippen molar-refractivity contribution in [2.75, 3.05) is 4.72 Å². The summed E-state index contributed by atoms with van der Waals surface area (Å²) in [5.41, 5.74) is 7.57. The monoisotopic (exact) mass is 368 g/mol. The molecule has 24 heavy (non-hydrogen) atoms. The molecule has 4 N–H and O–H groups in total. The number of nitrogens with one attached hydrogen (secondary N) is 2. The van der Waals surface area contributed by atoms with Crippen molar-refractivity contribution in [1.29, 1.82) is 0 Å². The summed E-state index contributed by atoms with van der Waals surface area (Å²) in [7, 11) is -3.84. The van der Waals surface area contributed by atoms with Gasteiger partial charge in [0.25, 0.3) is 15.9 Å². The Morgan fingerprint density at radius 1 is 1.42 bits per heavy atom. The van der Waals surface area contributed by atoms with Crippen LogP contribution in [-0.4, -0.2) is 24.5 Å². The van der Waals surface area contributed by atoms with Gasteiger partial charge in [0.2, 0.25) is 0 Å². The van der Waals surface area contributed by atoms with Crippen molar-refractivity contribution in [3.05, 3.63) is 27.4 Å². The van der Waals surface area contributed by atoms with E-state index in [4.69, 9.17) is 5.73 Å². The zero-order chi connectivity index (χ0) is 17.6. The molecule has 0 bridgehead atoms. The molecule has 1 atom stereocenters. The number of nitrogens with two attached hydrogens (primary N) is 1. The Balaban J connectivity index is 2.06. The van der Waals surface area contributed by atoms with Gasteiger partial charge in [-0.25, -0.2) is 8.42 Å². The lowest BCUT2D eigenvalue weighted by Crippen LogP contribution is -2.20. The summed E-state index contributed by atoms with van der Waals surface area (Å²) in [6.45, 7) is 5.41. The number of fused-ring (bicyclic) bond motifs is 1. The largest absolute Gasteiger partial charge is 0.365 e. The Kier molecular flexibility index (Phi) is 4.16. The first-order valence-electron chi connectivity index (χ1n) is 7.69. The lowest BCUT2D eigenvalue weighted by molar-refractivity contribution is 0.100. The standard InChI is InChI=1S/C15H20N4O3S2/c1-7-4-5-10-11(6-7)23-15(12(10)14(16)20)19-24(21,22)13-8(2)17-18-9(13)3/h7,19H,4-6H2,1-3H3,(H2,16,20)(H,17,18). The number of primary amides is 1. The van der Waals surface area contributed by atoms with Crippen LogP contribution in [0, 0.1) is 19.8 Å². The number of aromatic nitrogens is 2. The van der Waals surface area contributed by atoms with Gasteiger partial charge in [0.1, 0.15) is 9.90 Å². The van der Waals surface area contributed by atoms with Gasteiger partial charge in [-0.15, -0.1) is 11.3 Å². The predicted octanol–water partition coefficient (Wildman–Crippen LogP) is 2.11. The fourth-order valence-electron chi connectivity index (χ4n) is 3.19. The molecule has 1 aliphatic carbocycles. The van der Waals surface area contributed by atoms with Gasteiger partial charge in [0, 0.05) is 4.88 Å². The van der Waals surface area contributed by atoms with Crippen LogP contribution in [0.15, 0.2) is 4.90 Å². The number of carbonyl (C=O) groups excluding carboxylic acids is 1. The minimum atomic E-state index is -3.84. The Morgan fingerprint density at radius 3 is 2.71 bits per heavy atom. The SMILES string of the molecule is Cc1n[nH]c(C)c1S(=O)(=O)Nc1sc2c(c1C(N)=O)CCC(C)C2. The highest BCUT2D eigenvalue weighted by molar-refractivity contribution is 7.93. The normalized spacial score (nSPS) is 17.5. The topological polar surface area (TPSA) is 118 Å². The van der Waals surface area contributed by atoms with E-state index in [-0.39, 0.29) is 4.90 Å².